The lowest BCUT2D eigenvalue weighted by Crippen LogP contribution is -2.52. The van der Waals surface area contributed by atoms with Gasteiger partial charge in [0, 0.05) is 12.1 Å². The van der Waals surface area contributed by atoms with E-state index in [0.29, 0.717) is 28.8 Å². The number of amides is 2. The van der Waals surface area contributed by atoms with Crippen LogP contribution in [0.25, 0.3) is 11.0 Å². The second-order valence-corrected chi connectivity index (χ2v) is 10.1. The van der Waals surface area contributed by atoms with Crippen molar-refractivity contribution in [2.45, 2.75) is 25.6 Å². The standard InChI is InChI=1S/C33H24N2O4/c1-21-15-17-23(18-16-21)19-34-26-13-7-6-12-25(26)33(32(34)38)28-29(36)24-11-5-8-14-27(24)39-30(28)31(37)35(33)20-22-9-3-2-4-10-22/h2-18H,19-20H2,1H3. The normalized spacial score (nSPS) is 17.8. The minimum absolute atomic E-state index is 0.0741. The van der Waals surface area contributed by atoms with Crippen LogP contribution in [0.5, 0.6) is 0 Å². The number of hydrogen-bond donors (Lipinski definition) is 0. The van der Waals surface area contributed by atoms with E-state index in [-0.39, 0.29) is 29.2 Å². The Hall–Kier alpha value is -4.97. The van der Waals surface area contributed by atoms with Gasteiger partial charge in [0.05, 0.1) is 23.2 Å². The molecule has 1 spiro atoms. The Labute approximate surface area is 224 Å². The van der Waals surface area contributed by atoms with Crippen molar-refractivity contribution in [3.8, 4) is 0 Å². The van der Waals surface area contributed by atoms with E-state index in [9.17, 15) is 14.4 Å². The third kappa shape index (κ3) is 3.24. The van der Waals surface area contributed by atoms with Crippen LogP contribution >= 0.6 is 0 Å². The molecule has 7 rings (SSSR count). The fraction of sp³-hybridized carbons (Fsp3) is 0.121. The molecule has 190 valence electrons. The van der Waals surface area contributed by atoms with E-state index in [0.717, 1.165) is 16.7 Å². The SMILES string of the molecule is Cc1ccc(CN2C(=O)C3(c4ccccc42)c2c(oc4ccccc4c2=O)C(=O)N3Cc2ccccc2)cc1. The Bertz CT molecular complexity index is 1840. The third-order valence-corrected chi connectivity index (χ3v) is 7.79. The van der Waals surface area contributed by atoms with Crippen LogP contribution < -0.4 is 10.3 Å². The zero-order chi connectivity index (χ0) is 26.7. The smallest absolute Gasteiger partial charge is 0.291 e. The first-order valence-corrected chi connectivity index (χ1v) is 12.9. The van der Waals surface area contributed by atoms with Crippen molar-refractivity contribution in [2.75, 3.05) is 4.90 Å². The average Bonchev–Trinajstić information content (AvgIpc) is 3.35. The zero-order valence-corrected chi connectivity index (χ0v) is 21.3. The van der Waals surface area contributed by atoms with Crippen molar-refractivity contribution in [3.63, 3.8) is 0 Å². The summed E-state index contributed by atoms with van der Waals surface area (Å²) in [4.78, 5) is 46.3. The summed E-state index contributed by atoms with van der Waals surface area (Å²) in [5.74, 6) is -0.887. The van der Waals surface area contributed by atoms with E-state index in [2.05, 4.69) is 0 Å². The lowest BCUT2D eigenvalue weighted by Gasteiger charge is -2.34. The van der Waals surface area contributed by atoms with Gasteiger partial charge in [-0.3, -0.25) is 14.4 Å². The maximum absolute atomic E-state index is 14.8. The van der Waals surface area contributed by atoms with E-state index >= 15 is 0 Å². The summed E-state index contributed by atoms with van der Waals surface area (Å²) in [5, 5.41) is 0.340. The molecule has 1 aromatic heterocycles. The lowest BCUT2D eigenvalue weighted by atomic mass is 9.83. The molecular formula is C33H24N2O4. The Kier molecular flexibility index (Phi) is 5.07. The maximum Gasteiger partial charge on any atom is 0.291 e. The van der Waals surface area contributed by atoms with Crippen molar-refractivity contribution in [3.05, 3.63) is 147 Å². The molecule has 3 heterocycles. The summed E-state index contributed by atoms with van der Waals surface area (Å²) >= 11 is 0. The topological polar surface area (TPSA) is 70.8 Å². The highest BCUT2D eigenvalue weighted by Crippen LogP contribution is 2.53. The van der Waals surface area contributed by atoms with E-state index < -0.39 is 11.4 Å². The largest absolute Gasteiger partial charge is 0.450 e. The second kappa shape index (κ2) is 8.53. The first kappa shape index (κ1) is 23.2. The average molecular weight is 513 g/mol. The first-order chi connectivity index (χ1) is 19.0. The van der Waals surface area contributed by atoms with Crippen LogP contribution in [0.15, 0.2) is 112 Å². The van der Waals surface area contributed by atoms with E-state index in [1.54, 1.807) is 29.2 Å². The van der Waals surface area contributed by atoms with Gasteiger partial charge < -0.3 is 14.2 Å². The second-order valence-electron chi connectivity index (χ2n) is 10.1. The van der Waals surface area contributed by atoms with Crippen LogP contribution in [0.1, 0.15) is 38.4 Å². The van der Waals surface area contributed by atoms with Gasteiger partial charge in [0.1, 0.15) is 5.58 Å². The maximum atomic E-state index is 14.8. The number of carbonyl (C=O) groups excluding carboxylic acids is 2. The fourth-order valence-electron chi connectivity index (χ4n) is 5.96. The molecule has 2 aliphatic heterocycles. The van der Waals surface area contributed by atoms with Gasteiger partial charge in [0.25, 0.3) is 11.8 Å². The Morgan fingerprint density at radius 2 is 1.38 bits per heavy atom. The van der Waals surface area contributed by atoms with E-state index in [1.165, 1.54) is 4.90 Å². The molecule has 0 fully saturated rings. The van der Waals surface area contributed by atoms with Gasteiger partial charge in [-0.2, -0.15) is 0 Å². The van der Waals surface area contributed by atoms with Crippen molar-refractivity contribution in [1.29, 1.82) is 0 Å². The minimum Gasteiger partial charge on any atom is -0.450 e. The number of carbonyl (C=O) groups is 2. The summed E-state index contributed by atoms with van der Waals surface area (Å²) < 4.78 is 6.12. The predicted molar refractivity (Wildman–Crippen MR) is 148 cm³/mol. The molecule has 2 aliphatic rings. The molecule has 6 nitrogen and oxygen atoms in total. The Balaban J connectivity index is 1.51. The molecule has 0 aliphatic carbocycles. The van der Waals surface area contributed by atoms with Gasteiger partial charge in [0.2, 0.25) is 5.76 Å². The summed E-state index contributed by atoms with van der Waals surface area (Å²) in [7, 11) is 0. The van der Waals surface area contributed by atoms with Crippen LogP contribution in [0.4, 0.5) is 5.69 Å². The highest BCUT2D eigenvalue weighted by molar-refractivity contribution is 6.17. The molecule has 0 N–H and O–H groups in total. The zero-order valence-electron chi connectivity index (χ0n) is 21.3. The molecule has 0 saturated carbocycles. The molecule has 0 saturated heterocycles. The van der Waals surface area contributed by atoms with Crippen LogP contribution in [0, 0.1) is 6.92 Å². The highest BCUT2D eigenvalue weighted by atomic mass is 16.3. The van der Waals surface area contributed by atoms with Crippen LogP contribution in [0.2, 0.25) is 0 Å². The molecule has 0 radical (unpaired) electrons. The molecule has 39 heavy (non-hydrogen) atoms. The number of fused-ring (bicyclic) bond motifs is 5. The van der Waals surface area contributed by atoms with Gasteiger partial charge in [-0.25, -0.2) is 0 Å². The molecular weight excluding hydrogens is 488 g/mol. The van der Waals surface area contributed by atoms with Gasteiger partial charge in [0.15, 0.2) is 11.0 Å². The minimum atomic E-state index is -1.64. The Morgan fingerprint density at radius 3 is 2.18 bits per heavy atom. The summed E-state index contributed by atoms with van der Waals surface area (Å²) in [6, 6.07) is 31.8. The molecule has 4 aromatic carbocycles. The lowest BCUT2D eigenvalue weighted by molar-refractivity contribution is -0.126. The molecule has 6 heteroatoms. The quantitative estimate of drug-likeness (QED) is 0.317. The monoisotopic (exact) mass is 512 g/mol. The number of nitrogens with zero attached hydrogens (tertiary/aromatic N) is 2. The van der Waals surface area contributed by atoms with E-state index in [1.807, 2.05) is 85.8 Å². The first-order valence-electron chi connectivity index (χ1n) is 12.9. The molecule has 1 atom stereocenters. The van der Waals surface area contributed by atoms with Gasteiger partial charge in [-0.1, -0.05) is 90.5 Å². The number of para-hydroxylation sites is 2. The van der Waals surface area contributed by atoms with Crippen molar-refractivity contribution in [1.82, 2.24) is 4.90 Å². The van der Waals surface area contributed by atoms with Crippen molar-refractivity contribution < 1.29 is 14.0 Å². The van der Waals surface area contributed by atoms with Gasteiger partial charge in [-0.15, -0.1) is 0 Å². The number of benzene rings is 4. The Morgan fingerprint density at radius 1 is 0.718 bits per heavy atom. The highest BCUT2D eigenvalue weighted by Gasteiger charge is 2.64. The molecule has 2 amide bonds. The number of anilines is 1. The predicted octanol–water partition coefficient (Wildman–Crippen LogP) is 5.55. The van der Waals surface area contributed by atoms with Crippen LogP contribution in [0.3, 0.4) is 0 Å². The summed E-state index contributed by atoms with van der Waals surface area (Å²) in [6.45, 7) is 2.46. The van der Waals surface area contributed by atoms with Gasteiger partial charge in [-0.05, 0) is 36.2 Å². The van der Waals surface area contributed by atoms with Crippen molar-refractivity contribution >= 4 is 28.5 Å². The molecule has 1 unspecified atom stereocenters. The third-order valence-electron chi connectivity index (χ3n) is 7.79. The summed E-state index contributed by atoms with van der Waals surface area (Å²) in [6.07, 6.45) is 0. The van der Waals surface area contributed by atoms with Crippen LogP contribution in [-0.4, -0.2) is 16.7 Å². The molecule has 0 bridgehead atoms. The van der Waals surface area contributed by atoms with Gasteiger partial charge >= 0.3 is 0 Å². The molecule has 5 aromatic rings. The van der Waals surface area contributed by atoms with Crippen LogP contribution in [-0.2, 0) is 23.4 Å². The van der Waals surface area contributed by atoms with Crippen molar-refractivity contribution in [2.24, 2.45) is 0 Å². The van der Waals surface area contributed by atoms with E-state index in [4.69, 9.17) is 4.42 Å². The number of aryl methyl sites for hydroxylation is 1. The number of hydrogen-bond acceptors (Lipinski definition) is 4. The number of rotatable bonds is 4. The summed E-state index contributed by atoms with van der Waals surface area (Å²) in [5.41, 5.74) is 2.60. The fourth-order valence-corrected chi connectivity index (χ4v) is 5.96.